The summed E-state index contributed by atoms with van der Waals surface area (Å²) in [7, 11) is 0. The summed E-state index contributed by atoms with van der Waals surface area (Å²) in [5.41, 5.74) is 3.48. The molecular formula is C14H22N2. The maximum atomic E-state index is 4.67. The molecule has 2 nitrogen and oxygen atoms in total. The number of hydrogen-bond donors (Lipinski definition) is 0. The first-order chi connectivity index (χ1) is 7.71. The van der Waals surface area contributed by atoms with Gasteiger partial charge >= 0.3 is 0 Å². The summed E-state index contributed by atoms with van der Waals surface area (Å²) in [4.78, 5) is 7.04. The van der Waals surface area contributed by atoms with Crippen LogP contribution in [0.15, 0.2) is 24.3 Å². The number of hydrogen-bond acceptors (Lipinski definition) is 2. The van der Waals surface area contributed by atoms with E-state index in [-0.39, 0.29) is 0 Å². The number of pyridine rings is 1. The number of aromatic nitrogens is 1. The molecule has 16 heavy (non-hydrogen) atoms. The van der Waals surface area contributed by atoms with E-state index in [1.165, 1.54) is 5.57 Å². The van der Waals surface area contributed by atoms with Gasteiger partial charge in [-0.25, -0.2) is 0 Å². The van der Waals surface area contributed by atoms with Crippen molar-refractivity contribution in [3.05, 3.63) is 35.7 Å². The first-order valence-electron chi connectivity index (χ1n) is 6.02. The number of rotatable bonds is 5. The molecule has 0 radical (unpaired) electrons. The van der Waals surface area contributed by atoms with Crippen molar-refractivity contribution in [2.75, 3.05) is 13.1 Å². The minimum atomic E-state index is 0.942. The Bertz CT molecular complexity index is 352. The van der Waals surface area contributed by atoms with Crippen LogP contribution >= 0.6 is 0 Å². The summed E-state index contributed by atoms with van der Waals surface area (Å²) >= 11 is 0. The Kier molecular flexibility index (Phi) is 5.20. The first kappa shape index (κ1) is 12.9. The minimum absolute atomic E-state index is 0.942. The van der Waals surface area contributed by atoms with Crippen LogP contribution < -0.4 is 0 Å². The van der Waals surface area contributed by atoms with Gasteiger partial charge in [0.25, 0.3) is 0 Å². The van der Waals surface area contributed by atoms with Crippen molar-refractivity contribution in [3.63, 3.8) is 0 Å². The van der Waals surface area contributed by atoms with Crippen molar-refractivity contribution in [3.8, 4) is 0 Å². The summed E-state index contributed by atoms with van der Waals surface area (Å²) < 4.78 is 0. The van der Waals surface area contributed by atoms with Crippen molar-refractivity contribution < 1.29 is 0 Å². The molecule has 1 rings (SSSR count). The Hall–Kier alpha value is -1.15. The molecule has 1 aromatic rings. The van der Waals surface area contributed by atoms with Crippen LogP contribution in [-0.2, 0) is 6.54 Å². The van der Waals surface area contributed by atoms with E-state index in [1.54, 1.807) is 0 Å². The standard InChI is InChI=1S/C14H22N2/c1-5-12(4)14-10-8-9-13(15-14)11-16(6-2)7-3/h5,8-10H,6-7,11H2,1-4H3/b12-5+. The lowest BCUT2D eigenvalue weighted by atomic mass is 10.2. The fourth-order valence-corrected chi connectivity index (χ4v) is 1.61. The fourth-order valence-electron chi connectivity index (χ4n) is 1.61. The predicted molar refractivity (Wildman–Crippen MR) is 70.2 cm³/mol. The molecule has 0 unspecified atom stereocenters. The Balaban J connectivity index is 2.82. The van der Waals surface area contributed by atoms with Crippen LogP contribution in [0.4, 0.5) is 0 Å². The third kappa shape index (κ3) is 3.46. The molecule has 0 amide bonds. The van der Waals surface area contributed by atoms with E-state index < -0.39 is 0 Å². The Morgan fingerprint density at radius 3 is 2.56 bits per heavy atom. The molecule has 0 aliphatic carbocycles. The van der Waals surface area contributed by atoms with Crippen LogP contribution in [0.25, 0.3) is 5.57 Å². The summed E-state index contributed by atoms with van der Waals surface area (Å²) in [5.74, 6) is 0. The van der Waals surface area contributed by atoms with Gasteiger partial charge in [-0.1, -0.05) is 26.0 Å². The van der Waals surface area contributed by atoms with Crippen molar-refractivity contribution in [1.82, 2.24) is 9.88 Å². The third-order valence-electron chi connectivity index (χ3n) is 2.92. The van der Waals surface area contributed by atoms with E-state index in [1.807, 2.05) is 6.92 Å². The monoisotopic (exact) mass is 218 g/mol. The number of allylic oxidation sites excluding steroid dienone is 2. The molecular weight excluding hydrogens is 196 g/mol. The quantitative estimate of drug-likeness (QED) is 0.753. The third-order valence-corrected chi connectivity index (χ3v) is 2.92. The van der Waals surface area contributed by atoms with Gasteiger partial charge in [0.05, 0.1) is 11.4 Å². The lowest BCUT2D eigenvalue weighted by Gasteiger charge is -2.17. The second-order valence-corrected chi connectivity index (χ2v) is 3.95. The van der Waals surface area contributed by atoms with E-state index in [4.69, 9.17) is 0 Å². The topological polar surface area (TPSA) is 16.1 Å². The van der Waals surface area contributed by atoms with Crippen LogP contribution in [0.2, 0.25) is 0 Å². The van der Waals surface area contributed by atoms with Crippen molar-refractivity contribution in [2.45, 2.75) is 34.2 Å². The molecule has 2 heteroatoms. The highest BCUT2D eigenvalue weighted by atomic mass is 15.1. The van der Waals surface area contributed by atoms with E-state index >= 15 is 0 Å². The molecule has 0 saturated heterocycles. The highest BCUT2D eigenvalue weighted by molar-refractivity contribution is 5.59. The second-order valence-electron chi connectivity index (χ2n) is 3.95. The summed E-state index contributed by atoms with van der Waals surface area (Å²) in [6, 6.07) is 6.26. The molecule has 0 spiro atoms. The lowest BCUT2D eigenvalue weighted by Crippen LogP contribution is -2.22. The highest BCUT2D eigenvalue weighted by Gasteiger charge is 2.03. The maximum absolute atomic E-state index is 4.67. The van der Waals surface area contributed by atoms with Crippen LogP contribution in [0.1, 0.15) is 39.1 Å². The summed E-state index contributed by atoms with van der Waals surface area (Å²) in [6.45, 7) is 11.6. The van der Waals surface area contributed by atoms with Gasteiger partial charge in [0.2, 0.25) is 0 Å². The van der Waals surface area contributed by atoms with Gasteiger partial charge in [-0.3, -0.25) is 9.88 Å². The lowest BCUT2D eigenvalue weighted by molar-refractivity contribution is 0.292. The van der Waals surface area contributed by atoms with Gasteiger partial charge in [-0.15, -0.1) is 0 Å². The summed E-state index contributed by atoms with van der Waals surface area (Å²) in [5, 5.41) is 0. The molecule has 0 aliphatic rings. The Morgan fingerprint density at radius 1 is 1.31 bits per heavy atom. The zero-order valence-corrected chi connectivity index (χ0v) is 10.8. The van der Waals surface area contributed by atoms with Gasteiger partial charge in [0.1, 0.15) is 0 Å². The SMILES string of the molecule is C/C=C(\C)c1cccc(CN(CC)CC)n1. The van der Waals surface area contributed by atoms with Crippen LogP contribution in [-0.4, -0.2) is 23.0 Å². The van der Waals surface area contributed by atoms with Crippen LogP contribution in [0.5, 0.6) is 0 Å². The highest BCUT2D eigenvalue weighted by Crippen LogP contribution is 2.12. The molecule has 0 atom stereocenters. The Morgan fingerprint density at radius 2 is 2.00 bits per heavy atom. The maximum Gasteiger partial charge on any atom is 0.0659 e. The molecule has 0 aliphatic heterocycles. The summed E-state index contributed by atoms with van der Waals surface area (Å²) in [6.07, 6.45) is 2.10. The molecule has 88 valence electrons. The van der Waals surface area contributed by atoms with E-state index in [2.05, 4.69) is 54.9 Å². The molecule has 0 bridgehead atoms. The zero-order valence-electron chi connectivity index (χ0n) is 10.8. The van der Waals surface area contributed by atoms with Crippen molar-refractivity contribution >= 4 is 5.57 Å². The predicted octanol–water partition coefficient (Wildman–Crippen LogP) is 3.35. The van der Waals surface area contributed by atoms with Gasteiger partial charge < -0.3 is 0 Å². The van der Waals surface area contributed by atoms with Crippen molar-refractivity contribution in [2.24, 2.45) is 0 Å². The minimum Gasteiger partial charge on any atom is -0.298 e. The molecule has 0 aromatic carbocycles. The van der Waals surface area contributed by atoms with Crippen LogP contribution in [0.3, 0.4) is 0 Å². The first-order valence-corrected chi connectivity index (χ1v) is 6.02. The van der Waals surface area contributed by atoms with E-state index in [0.717, 1.165) is 31.0 Å². The second kappa shape index (κ2) is 6.44. The van der Waals surface area contributed by atoms with Gasteiger partial charge in [0, 0.05) is 6.54 Å². The average molecular weight is 218 g/mol. The van der Waals surface area contributed by atoms with Gasteiger partial charge in [-0.2, -0.15) is 0 Å². The van der Waals surface area contributed by atoms with E-state index in [9.17, 15) is 0 Å². The average Bonchev–Trinajstić information content (AvgIpc) is 2.35. The van der Waals surface area contributed by atoms with Gasteiger partial charge in [-0.05, 0) is 44.6 Å². The largest absolute Gasteiger partial charge is 0.298 e. The molecule has 0 fully saturated rings. The normalized spacial score (nSPS) is 12.2. The van der Waals surface area contributed by atoms with Crippen molar-refractivity contribution in [1.29, 1.82) is 0 Å². The zero-order chi connectivity index (χ0) is 12.0. The number of nitrogens with zero attached hydrogens (tertiary/aromatic N) is 2. The molecule has 0 saturated carbocycles. The smallest absolute Gasteiger partial charge is 0.0659 e. The van der Waals surface area contributed by atoms with Crippen LogP contribution in [0, 0.1) is 0 Å². The Labute approximate surface area is 99.0 Å². The fraction of sp³-hybridized carbons (Fsp3) is 0.500. The molecule has 0 N–H and O–H groups in total. The molecule has 1 aromatic heterocycles. The van der Waals surface area contributed by atoms with Gasteiger partial charge in [0.15, 0.2) is 0 Å². The van der Waals surface area contributed by atoms with E-state index in [0.29, 0.717) is 0 Å². The molecule has 1 heterocycles.